The van der Waals surface area contributed by atoms with Gasteiger partial charge >= 0.3 is 0 Å². The van der Waals surface area contributed by atoms with Gasteiger partial charge in [-0.15, -0.1) is 0 Å². The monoisotopic (exact) mass is 369 g/mol. The molecule has 0 atom stereocenters. The fourth-order valence-electron chi connectivity index (χ4n) is 2.88. The van der Waals surface area contributed by atoms with Gasteiger partial charge in [0.05, 0.1) is 21.3 Å². The normalized spacial score (nSPS) is 10.7. The van der Waals surface area contributed by atoms with E-state index < -0.39 is 0 Å². The van der Waals surface area contributed by atoms with Crippen molar-refractivity contribution in [1.82, 2.24) is 0 Å². The first-order valence-corrected chi connectivity index (χ1v) is 8.95. The molecule has 0 aromatic heterocycles. The van der Waals surface area contributed by atoms with Crippen LogP contribution in [0.15, 0.2) is 42.5 Å². The van der Waals surface area contributed by atoms with Crippen molar-refractivity contribution in [2.75, 3.05) is 39.3 Å². The number of allylic oxidation sites excluding steroid dienone is 1. The zero-order valence-corrected chi connectivity index (χ0v) is 16.6. The average molecular weight is 369 g/mol. The van der Waals surface area contributed by atoms with Crippen molar-refractivity contribution in [3.05, 3.63) is 53.6 Å². The number of rotatable bonds is 9. The van der Waals surface area contributed by atoms with E-state index in [9.17, 15) is 4.79 Å². The number of methoxy groups -OCH3 is 3. The van der Waals surface area contributed by atoms with Crippen molar-refractivity contribution >= 4 is 17.5 Å². The largest absolute Gasteiger partial charge is 0.493 e. The van der Waals surface area contributed by atoms with E-state index in [-0.39, 0.29) is 5.78 Å². The Morgan fingerprint density at radius 1 is 0.926 bits per heavy atom. The van der Waals surface area contributed by atoms with Crippen LogP contribution in [0.5, 0.6) is 17.2 Å². The van der Waals surface area contributed by atoms with Crippen molar-refractivity contribution < 1.29 is 19.0 Å². The third-order valence-electron chi connectivity index (χ3n) is 4.40. The van der Waals surface area contributed by atoms with E-state index in [1.54, 1.807) is 24.3 Å². The van der Waals surface area contributed by atoms with E-state index in [2.05, 4.69) is 30.9 Å². The highest BCUT2D eigenvalue weighted by Gasteiger charge is 2.15. The minimum absolute atomic E-state index is 0.137. The Morgan fingerprint density at radius 3 is 1.93 bits per heavy atom. The summed E-state index contributed by atoms with van der Waals surface area (Å²) in [5, 5.41) is 0. The van der Waals surface area contributed by atoms with Gasteiger partial charge in [-0.05, 0) is 49.8 Å². The van der Waals surface area contributed by atoms with Crippen molar-refractivity contribution in [2.45, 2.75) is 13.8 Å². The van der Waals surface area contributed by atoms with Crippen LogP contribution in [0.3, 0.4) is 0 Å². The van der Waals surface area contributed by atoms with Crippen LogP contribution in [-0.4, -0.2) is 40.2 Å². The number of hydrogen-bond donors (Lipinski definition) is 0. The molecule has 2 rings (SSSR count). The van der Waals surface area contributed by atoms with Crippen molar-refractivity contribution in [3.8, 4) is 17.2 Å². The first-order valence-electron chi connectivity index (χ1n) is 8.95. The summed E-state index contributed by atoms with van der Waals surface area (Å²) in [6.45, 7) is 6.19. The summed E-state index contributed by atoms with van der Waals surface area (Å²) in [4.78, 5) is 14.8. The van der Waals surface area contributed by atoms with Crippen molar-refractivity contribution in [2.24, 2.45) is 0 Å². The van der Waals surface area contributed by atoms with E-state index in [1.165, 1.54) is 27.0 Å². The lowest BCUT2D eigenvalue weighted by molar-refractivity contribution is 0.104. The van der Waals surface area contributed by atoms with Gasteiger partial charge in [0, 0.05) is 24.3 Å². The Labute approximate surface area is 161 Å². The van der Waals surface area contributed by atoms with Gasteiger partial charge in [-0.1, -0.05) is 18.2 Å². The van der Waals surface area contributed by atoms with Crippen LogP contribution >= 0.6 is 0 Å². The molecule has 0 aliphatic carbocycles. The molecule has 144 valence electrons. The van der Waals surface area contributed by atoms with Crippen LogP contribution < -0.4 is 19.1 Å². The molecule has 0 saturated heterocycles. The molecule has 0 amide bonds. The molecule has 0 radical (unpaired) electrons. The zero-order chi connectivity index (χ0) is 19.8. The van der Waals surface area contributed by atoms with Crippen LogP contribution in [-0.2, 0) is 0 Å². The molecule has 0 unspecified atom stereocenters. The van der Waals surface area contributed by atoms with Crippen LogP contribution in [0.25, 0.3) is 6.08 Å². The number of ketones is 1. The number of carbonyl (C=O) groups excluding carboxylic acids is 1. The molecule has 0 spiro atoms. The smallest absolute Gasteiger partial charge is 0.203 e. The molecule has 0 aliphatic heterocycles. The highest BCUT2D eigenvalue weighted by molar-refractivity contribution is 6.07. The second-order valence-corrected chi connectivity index (χ2v) is 5.88. The third-order valence-corrected chi connectivity index (χ3v) is 4.40. The van der Waals surface area contributed by atoms with E-state index in [1.807, 2.05) is 12.1 Å². The number of benzene rings is 2. The summed E-state index contributed by atoms with van der Waals surface area (Å²) >= 11 is 0. The minimum Gasteiger partial charge on any atom is -0.493 e. The lowest BCUT2D eigenvalue weighted by atomic mass is 10.1. The number of anilines is 1. The Hall–Kier alpha value is -2.95. The van der Waals surface area contributed by atoms with Gasteiger partial charge in [-0.25, -0.2) is 0 Å². The van der Waals surface area contributed by atoms with Gasteiger partial charge in [0.2, 0.25) is 5.75 Å². The molecule has 2 aromatic rings. The van der Waals surface area contributed by atoms with Gasteiger partial charge in [0.1, 0.15) is 0 Å². The van der Waals surface area contributed by atoms with Crippen LogP contribution in [0.2, 0.25) is 0 Å². The molecular weight excluding hydrogens is 342 g/mol. The SMILES string of the molecule is CCN(CC)c1ccc(C=CC(=O)c2cc(OC)c(OC)c(OC)c2)cc1. The molecule has 5 heteroatoms. The first kappa shape index (κ1) is 20.4. The molecule has 0 heterocycles. The predicted molar refractivity (Wildman–Crippen MR) is 109 cm³/mol. The van der Waals surface area contributed by atoms with Gasteiger partial charge < -0.3 is 19.1 Å². The highest BCUT2D eigenvalue weighted by atomic mass is 16.5. The van der Waals surface area contributed by atoms with Gasteiger partial charge in [-0.2, -0.15) is 0 Å². The Morgan fingerprint density at radius 2 is 1.48 bits per heavy atom. The summed E-state index contributed by atoms with van der Waals surface area (Å²) in [5.41, 5.74) is 2.61. The topological polar surface area (TPSA) is 48.0 Å². The maximum atomic E-state index is 12.6. The minimum atomic E-state index is -0.137. The van der Waals surface area contributed by atoms with E-state index in [0.29, 0.717) is 22.8 Å². The highest BCUT2D eigenvalue weighted by Crippen LogP contribution is 2.38. The summed E-state index contributed by atoms with van der Waals surface area (Å²) in [7, 11) is 4.58. The molecule has 0 fully saturated rings. The molecule has 0 saturated carbocycles. The van der Waals surface area contributed by atoms with E-state index in [0.717, 1.165) is 18.7 Å². The summed E-state index contributed by atoms with van der Waals surface area (Å²) in [6.07, 6.45) is 3.35. The molecular formula is C22H27NO4. The molecule has 27 heavy (non-hydrogen) atoms. The summed E-state index contributed by atoms with van der Waals surface area (Å²) < 4.78 is 15.9. The quantitative estimate of drug-likeness (QED) is 0.483. The maximum Gasteiger partial charge on any atom is 0.203 e. The maximum absolute atomic E-state index is 12.6. The molecule has 0 N–H and O–H groups in total. The van der Waals surface area contributed by atoms with Crippen LogP contribution in [0.4, 0.5) is 5.69 Å². The molecule has 5 nitrogen and oxygen atoms in total. The fourth-order valence-corrected chi connectivity index (χ4v) is 2.88. The Balaban J connectivity index is 2.21. The Kier molecular flexibility index (Phi) is 7.29. The van der Waals surface area contributed by atoms with E-state index in [4.69, 9.17) is 14.2 Å². The number of hydrogen-bond acceptors (Lipinski definition) is 5. The second-order valence-electron chi connectivity index (χ2n) is 5.88. The van der Waals surface area contributed by atoms with Gasteiger partial charge in [-0.3, -0.25) is 4.79 Å². The summed E-state index contributed by atoms with van der Waals surface area (Å²) in [5.74, 6) is 1.24. The molecule has 0 bridgehead atoms. The lowest BCUT2D eigenvalue weighted by Gasteiger charge is -2.20. The van der Waals surface area contributed by atoms with Crippen molar-refractivity contribution in [1.29, 1.82) is 0 Å². The van der Waals surface area contributed by atoms with E-state index >= 15 is 0 Å². The van der Waals surface area contributed by atoms with Crippen LogP contribution in [0.1, 0.15) is 29.8 Å². The fraction of sp³-hybridized carbons (Fsp3) is 0.318. The third kappa shape index (κ3) is 4.82. The molecule has 2 aromatic carbocycles. The number of carbonyl (C=O) groups is 1. The Bertz CT molecular complexity index is 767. The lowest BCUT2D eigenvalue weighted by Crippen LogP contribution is -2.21. The zero-order valence-electron chi connectivity index (χ0n) is 16.6. The second kappa shape index (κ2) is 9.67. The number of ether oxygens (including phenoxy) is 3. The predicted octanol–water partition coefficient (Wildman–Crippen LogP) is 4.45. The van der Waals surface area contributed by atoms with Gasteiger partial charge in [0.15, 0.2) is 17.3 Å². The molecule has 0 aliphatic rings. The van der Waals surface area contributed by atoms with Crippen LogP contribution in [0, 0.1) is 0 Å². The standard InChI is InChI=1S/C22H27NO4/c1-6-23(7-2)18-11-8-16(9-12-18)10-13-19(24)17-14-20(25-3)22(27-5)21(15-17)26-4/h8-15H,6-7H2,1-5H3. The summed E-state index contributed by atoms with van der Waals surface area (Å²) in [6, 6.07) is 11.4. The first-order chi connectivity index (χ1) is 13.1. The average Bonchev–Trinajstić information content (AvgIpc) is 2.72. The van der Waals surface area contributed by atoms with Gasteiger partial charge in [0.25, 0.3) is 0 Å². The van der Waals surface area contributed by atoms with Crippen molar-refractivity contribution in [3.63, 3.8) is 0 Å². The number of nitrogens with zero attached hydrogens (tertiary/aromatic N) is 1.